The minimum atomic E-state index is -0.485. The molecule has 1 aromatic heterocycles. The molecule has 4 heterocycles. The minimum Gasteiger partial charge on any atom is -0.465 e. The maximum atomic E-state index is 12.2. The maximum Gasteiger partial charge on any atom is 0.341 e. The first-order valence-corrected chi connectivity index (χ1v) is 9.26. The Morgan fingerprint density at radius 2 is 2.19 bits per heavy atom. The summed E-state index contributed by atoms with van der Waals surface area (Å²) in [5.41, 5.74) is 1.64. The molecule has 4 atom stereocenters. The van der Waals surface area contributed by atoms with Gasteiger partial charge in [-0.05, 0) is 44.7 Å². The van der Waals surface area contributed by atoms with E-state index >= 15 is 0 Å². The number of esters is 2. The second-order valence-electron chi connectivity index (χ2n) is 7.91. The predicted molar refractivity (Wildman–Crippen MR) is 96.1 cm³/mol. The van der Waals surface area contributed by atoms with E-state index in [2.05, 4.69) is 6.58 Å². The van der Waals surface area contributed by atoms with Gasteiger partial charge in [0.15, 0.2) is 0 Å². The van der Waals surface area contributed by atoms with Gasteiger partial charge in [-0.2, -0.15) is 0 Å². The topological polar surface area (TPSA) is 78.3 Å². The van der Waals surface area contributed by atoms with Gasteiger partial charge in [0.05, 0.1) is 7.11 Å². The molecule has 0 saturated carbocycles. The van der Waals surface area contributed by atoms with Crippen LogP contribution in [-0.2, 0) is 25.4 Å². The molecule has 144 valence electrons. The molecule has 0 unspecified atom stereocenters. The fourth-order valence-electron chi connectivity index (χ4n) is 4.06. The SMILES string of the molecule is C=C(C)[C@@H]1CCC2=C[C@H](C[C@@]3(C)O[C@H]3c3cc(C(=O)OC)c(o3)C1)OC2=O. The highest BCUT2D eigenvalue weighted by Crippen LogP contribution is 2.54. The van der Waals surface area contributed by atoms with E-state index < -0.39 is 11.6 Å². The average Bonchev–Trinajstić information content (AvgIpc) is 2.94. The minimum absolute atomic E-state index is 0.0763. The molecular formula is C21H24O6. The van der Waals surface area contributed by atoms with E-state index in [1.54, 1.807) is 6.07 Å². The number of fused-ring (bicyclic) bond motifs is 5. The van der Waals surface area contributed by atoms with Gasteiger partial charge < -0.3 is 18.6 Å². The third-order valence-electron chi connectivity index (χ3n) is 5.78. The number of hydrogen-bond donors (Lipinski definition) is 0. The molecule has 3 aliphatic rings. The summed E-state index contributed by atoms with van der Waals surface area (Å²) in [4.78, 5) is 24.4. The van der Waals surface area contributed by atoms with Gasteiger partial charge in [0.2, 0.25) is 0 Å². The Labute approximate surface area is 158 Å². The molecule has 0 aromatic carbocycles. The highest BCUT2D eigenvalue weighted by atomic mass is 16.6. The van der Waals surface area contributed by atoms with E-state index in [-0.39, 0.29) is 24.1 Å². The van der Waals surface area contributed by atoms with E-state index in [0.29, 0.717) is 41.9 Å². The summed E-state index contributed by atoms with van der Waals surface area (Å²) in [5.74, 6) is 0.611. The van der Waals surface area contributed by atoms with Crippen LogP contribution in [-0.4, -0.2) is 30.8 Å². The number of carbonyl (C=O) groups excluding carboxylic acids is 2. The largest absolute Gasteiger partial charge is 0.465 e. The van der Waals surface area contributed by atoms with Gasteiger partial charge in [0, 0.05) is 18.4 Å². The second kappa shape index (κ2) is 6.37. The Kier molecular flexibility index (Phi) is 4.26. The van der Waals surface area contributed by atoms with Crippen molar-refractivity contribution in [3.8, 4) is 0 Å². The first-order valence-electron chi connectivity index (χ1n) is 9.26. The van der Waals surface area contributed by atoms with E-state index in [4.69, 9.17) is 18.6 Å². The summed E-state index contributed by atoms with van der Waals surface area (Å²) < 4.78 is 22.4. The van der Waals surface area contributed by atoms with Crippen LogP contribution >= 0.6 is 0 Å². The molecule has 0 amide bonds. The lowest BCUT2D eigenvalue weighted by Gasteiger charge is -2.16. The molecular weight excluding hydrogens is 348 g/mol. The summed E-state index contributed by atoms with van der Waals surface area (Å²) in [6.45, 7) is 8.00. The second-order valence-corrected chi connectivity index (χ2v) is 7.91. The molecule has 4 bridgehead atoms. The van der Waals surface area contributed by atoms with Crippen molar-refractivity contribution >= 4 is 11.9 Å². The van der Waals surface area contributed by atoms with Crippen molar-refractivity contribution in [3.05, 3.63) is 47.0 Å². The number of ether oxygens (including phenoxy) is 3. The quantitative estimate of drug-likeness (QED) is 0.448. The first kappa shape index (κ1) is 18.0. The van der Waals surface area contributed by atoms with Gasteiger partial charge in [-0.15, -0.1) is 0 Å². The molecule has 6 heteroatoms. The lowest BCUT2D eigenvalue weighted by atomic mass is 9.89. The van der Waals surface area contributed by atoms with Crippen LogP contribution in [0.25, 0.3) is 0 Å². The standard InChI is InChI=1S/C21H24O6/c1-11(2)12-5-6-13-7-14(25-19(13)22)10-21(3)18(27-21)17-9-15(20(23)24-4)16(8-12)26-17/h7,9,12,14,18H,1,5-6,8,10H2,2-4H3/t12-,14-,18+,21-/m1/s1. The van der Waals surface area contributed by atoms with Crippen molar-refractivity contribution in [2.24, 2.45) is 5.92 Å². The van der Waals surface area contributed by atoms with Crippen molar-refractivity contribution in [1.29, 1.82) is 0 Å². The van der Waals surface area contributed by atoms with Crippen molar-refractivity contribution in [2.75, 3.05) is 7.11 Å². The normalized spacial score (nSPS) is 32.2. The van der Waals surface area contributed by atoms with E-state index in [9.17, 15) is 9.59 Å². The first-order chi connectivity index (χ1) is 12.8. The Bertz CT molecular complexity index is 847. The molecule has 0 spiro atoms. The molecule has 6 nitrogen and oxygen atoms in total. The molecule has 3 aliphatic heterocycles. The van der Waals surface area contributed by atoms with E-state index in [1.165, 1.54) is 7.11 Å². The third-order valence-corrected chi connectivity index (χ3v) is 5.78. The molecule has 0 aliphatic carbocycles. The van der Waals surface area contributed by atoms with Gasteiger partial charge in [-0.1, -0.05) is 12.2 Å². The number of carbonyl (C=O) groups is 2. The molecule has 0 radical (unpaired) electrons. The van der Waals surface area contributed by atoms with Gasteiger partial charge >= 0.3 is 11.9 Å². The molecule has 1 saturated heterocycles. The zero-order valence-electron chi connectivity index (χ0n) is 15.9. The zero-order chi connectivity index (χ0) is 19.3. The van der Waals surface area contributed by atoms with Crippen LogP contribution in [0.4, 0.5) is 0 Å². The van der Waals surface area contributed by atoms with Gasteiger partial charge in [0.1, 0.15) is 34.9 Å². The maximum absolute atomic E-state index is 12.2. The highest BCUT2D eigenvalue weighted by molar-refractivity contribution is 5.91. The fourth-order valence-corrected chi connectivity index (χ4v) is 4.06. The molecule has 0 N–H and O–H groups in total. The van der Waals surface area contributed by atoms with Gasteiger partial charge in [0.25, 0.3) is 0 Å². The van der Waals surface area contributed by atoms with Crippen molar-refractivity contribution < 1.29 is 28.2 Å². The Morgan fingerprint density at radius 3 is 2.89 bits per heavy atom. The average molecular weight is 372 g/mol. The number of hydrogen-bond acceptors (Lipinski definition) is 6. The number of furan rings is 1. The Morgan fingerprint density at radius 1 is 1.41 bits per heavy atom. The summed E-state index contributed by atoms with van der Waals surface area (Å²) in [6.07, 6.45) is 3.78. The van der Waals surface area contributed by atoms with Crippen molar-refractivity contribution in [3.63, 3.8) is 0 Å². The molecule has 1 aromatic rings. The number of allylic oxidation sites excluding steroid dienone is 1. The van der Waals surface area contributed by atoms with E-state index in [0.717, 1.165) is 12.0 Å². The summed E-state index contributed by atoms with van der Waals surface area (Å²) in [7, 11) is 1.36. The van der Waals surface area contributed by atoms with Crippen LogP contribution in [0, 0.1) is 5.92 Å². The Hall–Kier alpha value is -2.34. The van der Waals surface area contributed by atoms with Crippen molar-refractivity contribution in [1.82, 2.24) is 0 Å². The fraction of sp³-hybridized carbons (Fsp3) is 0.524. The van der Waals surface area contributed by atoms with Crippen molar-refractivity contribution in [2.45, 2.75) is 57.3 Å². The van der Waals surface area contributed by atoms with Crippen LogP contribution in [0.1, 0.15) is 61.1 Å². The zero-order valence-corrected chi connectivity index (χ0v) is 15.9. The lowest BCUT2D eigenvalue weighted by molar-refractivity contribution is -0.140. The highest BCUT2D eigenvalue weighted by Gasteiger charge is 2.57. The van der Waals surface area contributed by atoms with Crippen LogP contribution < -0.4 is 0 Å². The van der Waals surface area contributed by atoms with Crippen LogP contribution in [0.5, 0.6) is 0 Å². The van der Waals surface area contributed by atoms with Crippen LogP contribution in [0.15, 0.2) is 34.3 Å². The predicted octanol–water partition coefficient (Wildman–Crippen LogP) is 3.67. The molecule has 1 fully saturated rings. The monoisotopic (exact) mass is 372 g/mol. The summed E-state index contributed by atoms with van der Waals surface area (Å²) in [5, 5.41) is 0. The van der Waals surface area contributed by atoms with Crippen LogP contribution in [0.3, 0.4) is 0 Å². The number of methoxy groups -OCH3 is 1. The Balaban J connectivity index is 1.72. The smallest absolute Gasteiger partial charge is 0.341 e. The summed E-state index contributed by atoms with van der Waals surface area (Å²) >= 11 is 0. The van der Waals surface area contributed by atoms with Gasteiger partial charge in [-0.25, -0.2) is 9.59 Å². The number of epoxide rings is 1. The van der Waals surface area contributed by atoms with E-state index in [1.807, 2.05) is 19.9 Å². The molecule has 4 rings (SSSR count). The molecule has 27 heavy (non-hydrogen) atoms. The lowest BCUT2D eigenvalue weighted by Crippen LogP contribution is -2.18. The van der Waals surface area contributed by atoms with Gasteiger partial charge in [-0.3, -0.25) is 0 Å². The number of rotatable bonds is 2. The summed E-state index contributed by atoms with van der Waals surface area (Å²) in [6, 6.07) is 1.72. The van der Waals surface area contributed by atoms with Crippen LogP contribution in [0.2, 0.25) is 0 Å². The third kappa shape index (κ3) is 3.23.